The first kappa shape index (κ1) is 15.3. The normalized spacial score (nSPS) is 12.6. The number of hydrogen-bond donors (Lipinski definition) is 0. The molecule has 0 saturated carbocycles. The quantitative estimate of drug-likeness (QED) is 0.735. The van der Waals surface area contributed by atoms with Crippen LogP contribution in [-0.4, -0.2) is 12.6 Å². The van der Waals surface area contributed by atoms with Gasteiger partial charge in [-0.25, -0.2) is 0 Å². The van der Waals surface area contributed by atoms with Crippen LogP contribution >= 0.6 is 23.2 Å². The van der Waals surface area contributed by atoms with Gasteiger partial charge in [-0.1, -0.05) is 43.1 Å². The van der Waals surface area contributed by atoms with Gasteiger partial charge in [0.05, 0.1) is 22.6 Å². The summed E-state index contributed by atoms with van der Waals surface area (Å²) in [7, 11) is 0. The molecule has 0 saturated heterocycles. The molecule has 0 amide bonds. The van der Waals surface area contributed by atoms with Crippen molar-refractivity contribution in [1.82, 2.24) is 0 Å². The second-order valence-electron chi connectivity index (χ2n) is 4.61. The maximum absolute atomic E-state index is 12.0. The summed E-state index contributed by atoms with van der Waals surface area (Å²) < 4.78 is 5.11. The number of carbonyl (C=O) groups is 1. The molecule has 1 aromatic rings. The summed E-state index contributed by atoms with van der Waals surface area (Å²) in [5, 5.41) is 0.958. The van der Waals surface area contributed by atoms with Gasteiger partial charge in [0.15, 0.2) is 0 Å². The van der Waals surface area contributed by atoms with E-state index in [1.165, 1.54) is 0 Å². The van der Waals surface area contributed by atoms with E-state index in [0.717, 1.165) is 12.0 Å². The van der Waals surface area contributed by atoms with E-state index in [-0.39, 0.29) is 11.9 Å². The Bertz CT molecular complexity index is 416. The minimum atomic E-state index is -0.278. The van der Waals surface area contributed by atoms with Crippen LogP contribution in [0.1, 0.15) is 38.7 Å². The second kappa shape index (κ2) is 7.01. The fourth-order valence-electron chi connectivity index (χ4n) is 1.81. The SMILES string of the molecule is CCOC(=O)C(CC(C)C)c1ccc(Cl)c(Cl)c1. The van der Waals surface area contributed by atoms with E-state index in [9.17, 15) is 4.79 Å². The third-order valence-electron chi connectivity index (χ3n) is 2.62. The molecule has 1 unspecified atom stereocenters. The summed E-state index contributed by atoms with van der Waals surface area (Å²) in [4.78, 5) is 12.0. The van der Waals surface area contributed by atoms with Crippen LogP contribution in [0.4, 0.5) is 0 Å². The molecule has 0 aliphatic heterocycles. The lowest BCUT2D eigenvalue weighted by molar-refractivity contribution is -0.145. The first-order chi connectivity index (χ1) is 8.45. The summed E-state index contributed by atoms with van der Waals surface area (Å²) in [5.41, 5.74) is 0.858. The molecule has 0 bridgehead atoms. The highest BCUT2D eigenvalue weighted by molar-refractivity contribution is 6.42. The van der Waals surface area contributed by atoms with Crippen LogP contribution in [-0.2, 0) is 9.53 Å². The van der Waals surface area contributed by atoms with Crippen molar-refractivity contribution in [2.75, 3.05) is 6.61 Å². The Balaban J connectivity index is 3.00. The highest BCUT2D eigenvalue weighted by Crippen LogP contribution is 2.30. The number of esters is 1. The lowest BCUT2D eigenvalue weighted by Crippen LogP contribution is -2.18. The fraction of sp³-hybridized carbons (Fsp3) is 0.500. The van der Waals surface area contributed by atoms with Crippen LogP contribution in [0.2, 0.25) is 10.0 Å². The smallest absolute Gasteiger partial charge is 0.313 e. The summed E-state index contributed by atoms with van der Waals surface area (Å²) in [5.74, 6) is -0.0850. The Morgan fingerprint density at radius 3 is 2.44 bits per heavy atom. The largest absolute Gasteiger partial charge is 0.466 e. The van der Waals surface area contributed by atoms with E-state index in [2.05, 4.69) is 13.8 Å². The summed E-state index contributed by atoms with van der Waals surface area (Å²) in [6.45, 7) is 6.33. The van der Waals surface area contributed by atoms with E-state index in [0.29, 0.717) is 22.6 Å². The standard InChI is InChI=1S/C14H18Cl2O2/c1-4-18-14(17)11(7-9(2)3)10-5-6-12(15)13(16)8-10/h5-6,8-9,11H,4,7H2,1-3H3. The molecule has 0 aromatic heterocycles. The monoisotopic (exact) mass is 288 g/mol. The molecule has 0 aliphatic rings. The summed E-state index contributed by atoms with van der Waals surface area (Å²) in [6.07, 6.45) is 0.733. The average Bonchev–Trinajstić information content (AvgIpc) is 2.30. The Kier molecular flexibility index (Phi) is 5.97. The maximum Gasteiger partial charge on any atom is 0.313 e. The van der Waals surface area contributed by atoms with Crippen molar-refractivity contribution < 1.29 is 9.53 Å². The van der Waals surface area contributed by atoms with Gasteiger partial charge in [0.25, 0.3) is 0 Å². The molecule has 1 aromatic carbocycles. The number of carbonyl (C=O) groups excluding carboxylic acids is 1. The molecule has 0 spiro atoms. The van der Waals surface area contributed by atoms with E-state index < -0.39 is 0 Å². The summed E-state index contributed by atoms with van der Waals surface area (Å²) in [6, 6.07) is 5.29. The molecule has 4 heteroatoms. The molecule has 100 valence electrons. The van der Waals surface area contributed by atoms with Crippen molar-refractivity contribution in [2.45, 2.75) is 33.1 Å². The van der Waals surface area contributed by atoms with Crippen molar-refractivity contribution in [3.05, 3.63) is 33.8 Å². The van der Waals surface area contributed by atoms with Gasteiger partial charge in [-0.05, 0) is 37.0 Å². The Morgan fingerprint density at radius 2 is 1.94 bits per heavy atom. The van der Waals surface area contributed by atoms with Crippen molar-refractivity contribution >= 4 is 29.2 Å². The van der Waals surface area contributed by atoms with Gasteiger partial charge in [0.1, 0.15) is 0 Å². The molecule has 0 aliphatic carbocycles. The topological polar surface area (TPSA) is 26.3 Å². The third-order valence-corrected chi connectivity index (χ3v) is 3.36. The Labute approximate surface area is 118 Å². The minimum absolute atomic E-state index is 0.204. The minimum Gasteiger partial charge on any atom is -0.466 e. The van der Waals surface area contributed by atoms with Crippen molar-refractivity contribution in [3.63, 3.8) is 0 Å². The number of benzene rings is 1. The van der Waals surface area contributed by atoms with Gasteiger partial charge in [0, 0.05) is 0 Å². The van der Waals surface area contributed by atoms with Crippen molar-refractivity contribution in [1.29, 1.82) is 0 Å². The van der Waals surface area contributed by atoms with Crippen LogP contribution in [0.25, 0.3) is 0 Å². The van der Waals surface area contributed by atoms with E-state index in [1.807, 2.05) is 6.07 Å². The zero-order chi connectivity index (χ0) is 13.7. The third kappa shape index (κ3) is 4.18. The van der Waals surface area contributed by atoms with E-state index in [1.54, 1.807) is 19.1 Å². The highest BCUT2D eigenvalue weighted by Gasteiger charge is 2.23. The van der Waals surface area contributed by atoms with Gasteiger partial charge >= 0.3 is 5.97 Å². The van der Waals surface area contributed by atoms with Gasteiger partial charge in [-0.3, -0.25) is 4.79 Å². The van der Waals surface area contributed by atoms with E-state index in [4.69, 9.17) is 27.9 Å². The second-order valence-corrected chi connectivity index (χ2v) is 5.42. The lowest BCUT2D eigenvalue weighted by atomic mass is 9.90. The van der Waals surface area contributed by atoms with Gasteiger partial charge in [0.2, 0.25) is 0 Å². The number of halogens is 2. The fourth-order valence-corrected chi connectivity index (χ4v) is 2.12. The van der Waals surface area contributed by atoms with Crippen LogP contribution < -0.4 is 0 Å². The zero-order valence-electron chi connectivity index (χ0n) is 10.9. The molecule has 0 fully saturated rings. The van der Waals surface area contributed by atoms with Crippen LogP contribution in [0.5, 0.6) is 0 Å². The lowest BCUT2D eigenvalue weighted by Gasteiger charge is -2.18. The number of ether oxygens (including phenoxy) is 1. The van der Waals surface area contributed by atoms with Crippen LogP contribution in [0.3, 0.4) is 0 Å². The molecule has 1 rings (SSSR count). The first-order valence-corrected chi connectivity index (χ1v) is 6.82. The average molecular weight is 289 g/mol. The van der Waals surface area contributed by atoms with Crippen LogP contribution in [0, 0.1) is 5.92 Å². The predicted molar refractivity (Wildman–Crippen MR) is 75.3 cm³/mol. The molecule has 0 radical (unpaired) electrons. The molecule has 1 atom stereocenters. The summed E-state index contributed by atoms with van der Waals surface area (Å²) >= 11 is 11.9. The van der Waals surface area contributed by atoms with Gasteiger partial charge in [-0.2, -0.15) is 0 Å². The molecule has 18 heavy (non-hydrogen) atoms. The molecule has 0 heterocycles. The molecular weight excluding hydrogens is 271 g/mol. The molecule has 0 N–H and O–H groups in total. The van der Waals surface area contributed by atoms with E-state index >= 15 is 0 Å². The Hall–Kier alpha value is -0.730. The first-order valence-electron chi connectivity index (χ1n) is 6.07. The van der Waals surface area contributed by atoms with Gasteiger partial charge < -0.3 is 4.74 Å². The number of rotatable bonds is 5. The highest BCUT2D eigenvalue weighted by atomic mass is 35.5. The number of hydrogen-bond acceptors (Lipinski definition) is 2. The Morgan fingerprint density at radius 1 is 1.28 bits per heavy atom. The zero-order valence-corrected chi connectivity index (χ0v) is 12.4. The van der Waals surface area contributed by atoms with Crippen molar-refractivity contribution in [2.24, 2.45) is 5.92 Å². The molecule has 2 nitrogen and oxygen atoms in total. The maximum atomic E-state index is 12.0. The van der Waals surface area contributed by atoms with Crippen molar-refractivity contribution in [3.8, 4) is 0 Å². The van der Waals surface area contributed by atoms with Crippen LogP contribution in [0.15, 0.2) is 18.2 Å². The van der Waals surface area contributed by atoms with Gasteiger partial charge in [-0.15, -0.1) is 0 Å². The molecular formula is C14H18Cl2O2. The predicted octanol–water partition coefficient (Wildman–Crippen LogP) is 4.69.